The average molecular weight is 560 g/mol. The molecule has 0 atom stereocenters. The molecule has 0 bridgehead atoms. The summed E-state index contributed by atoms with van der Waals surface area (Å²) < 4.78 is 1.44. The van der Waals surface area contributed by atoms with Crippen LogP contribution in [0.4, 0.5) is 0 Å². The molecule has 0 spiro atoms. The van der Waals surface area contributed by atoms with Crippen LogP contribution < -0.4 is 0 Å². The Morgan fingerprint density at radius 3 is 1.27 bits per heavy atom. The first-order chi connectivity index (χ1) is 13.8. The molecule has 6 heteroatoms. The van der Waals surface area contributed by atoms with E-state index in [9.17, 15) is 9.59 Å². The molecule has 0 aromatic heterocycles. The van der Waals surface area contributed by atoms with E-state index in [4.69, 9.17) is 0 Å². The van der Waals surface area contributed by atoms with Crippen molar-refractivity contribution in [3.8, 4) is 34.1 Å². The maximum atomic E-state index is 11.9. The lowest BCUT2D eigenvalue weighted by Gasteiger charge is -2.14. The van der Waals surface area contributed by atoms with Crippen LogP contribution in [0.25, 0.3) is 11.1 Å². The molecular weight excluding hydrogens is 536 g/mol. The second-order valence-electron chi connectivity index (χ2n) is 9.08. The molecule has 0 aliphatic carbocycles. The van der Waals surface area contributed by atoms with Crippen LogP contribution in [0.15, 0.2) is 33.2 Å². The molecule has 2 rings (SSSR count). The summed E-state index contributed by atoms with van der Waals surface area (Å²) in [6, 6.07) is 7.35. The molecule has 0 fully saturated rings. The normalized spacial score (nSPS) is 11.1. The Balaban J connectivity index is 2.71. The van der Waals surface area contributed by atoms with Gasteiger partial charge < -0.3 is 0 Å². The second kappa shape index (κ2) is 9.62. The summed E-state index contributed by atoms with van der Waals surface area (Å²) in [5.41, 5.74) is 10.5. The molecule has 0 aliphatic heterocycles. The fourth-order valence-corrected chi connectivity index (χ4v) is 5.02. The molecule has 0 N–H and O–H groups in total. The number of rotatable bonds is 3. The van der Waals surface area contributed by atoms with E-state index < -0.39 is 16.1 Å². The number of hydrogen-bond donors (Lipinski definition) is 0. The number of carbonyl (C=O) groups is 2. The maximum absolute atomic E-state index is 11.9. The van der Waals surface area contributed by atoms with Gasteiger partial charge >= 0.3 is 0 Å². The van der Waals surface area contributed by atoms with Crippen molar-refractivity contribution in [2.24, 2.45) is 0 Å². The van der Waals surface area contributed by atoms with E-state index in [0.29, 0.717) is 22.3 Å². The largest absolute Gasteiger partial charge is 0.298 e. The fraction of sp³-hybridized carbons (Fsp3) is 0.250. The molecule has 0 heterocycles. The third-order valence-electron chi connectivity index (χ3n) is 3.91. The molecule has 30 heavy (non-hydrogen) atoms. The van der Waals surface area contributed by atoms with Crippen LogP contribution in [-0.2, 0) is 0 Å². The SMILES string of the molecule is C[Si](C)(C)C#Cc1cc(Br)c(-c2c(Br)cc(C#C[Si](C)(C)C)cc2C=O)c(C=O)c1. The third kappa shape index (κ3) is 6.65. The van der Waals surface area contributed by atoms with Crippen LogP contribution >= 0.6 is 31.9 Å². The van der Waals surface area contributed by atoms with Crippen molar-refractivity contribution in [2.75, 3.05) is 0 Å². The number of benzene rings is 2. The van der Waals surface area contributed by atoms with Gasteiger partial charge in [-0.2, -0.15) is 0 Å². The Morgan fingerprint density at radius 2 is 1.00 bits per heavy atom. The van der Waals surface area contributed by atoms with E-state index in [1.165, 1.54) is 0 Å². The molecule has 0 saturated heterocycles. The quantitative estimate of drug-likeness (QED) is 0.231. The summed E-state index contributed by atoms with van der Waals surface area (Å²) >= 11 is 7.19. The van der Waals surface area contributed by atoms with Crippen LogP contribution in [0.5, 0.6) is 0 Å². The lowest BCUT2D eigenvalue weighted by Crippen LogP contribution is -2.16. The zero-order valence-electron chi connectivity index (χ0n) is 18.0. The van der Waals surface area contributed by atoms with E-state index in [-0.39, 0.29) is 0 Å². The third-order valence-corrected chi connectivity index (χ3v) is 6.91. The first-order valence-electron chi connectivity index (χ1n) is 9.49. The summed E-state index contributed by atoms with van der Waals surface area (Å²) in [7, 11) is -3.09. The van der Waals surface area contributed by atoms with Gasteiger partial charge in [-0.1, -0.05) is 83.0 Å². The monoisotopic (exact) mass is 558 g/mol. The van der Waals surface area contributed by atoms with Gasteiger partial charge in [-0.3, -0.25) is 9.59 Å². The second-order valence-corrected chi connectivity index (χ2v) is 20.3. The van der Waals surface area contributed by atoms with Crippen molar-refractivity contribution in [1.29, 1.82) is 0 Å². The van der Waals surface area contributed by atoms with Crippen molar-refractivity contribution in [3.05, 3.63) is 55.5 Å². The van der Waals surface area contributed by atoms with Crippen molar-refractivity contribution in [2.45, 2.75) is 39.3 Å². The van der Waals surface area contributed by atoms with Crippen molar-refractivity contribution < 1.29 is 9.59 Å². The number of hydrogen-bond acceptors (Lipinski definition) is 2. The van der Waals surface area contributed by atoms with E-state index in [1.807, 2.05) is 12.1 Å². The first kappa shape index (κ1) is 24.6. The standard InChI is InChI=1S/C24H24Br2O2Si2/c1-29(2,3)9-7-17-11-19(15-27)23(21(25)13-17)24-20(16-28)12-18(14-22(24)26)8-10-30(4,5)6/h11-16H,1-6H3. The highest BCUT2D eigenvalue weighted by Gasteiger charge is 2.18. The highest BCUT2D eigenvalue weighted by atomic mass is 79.9. The van der Waals surface area contributed by atoms with Gasteiger partial charge in [0, 0.05) is 42.3 Å². The summed E-state index contributed by atoms with van der Waals surface area (Å²) in [6.45, 7) is 13.0. The molecule has 0 aliphatic rings. The molecule has 0 amide bonds. The minimum atomic E-state index is -1.54. The molecule has 0 radical (unpaired) electrons. The Labute approximate surface area is 198 Å². The lowest BCUT2D eigenvalue weighted by molar-refractivity contribution is 0.111. The fourth-order valence-electron chi connectivity index (χ4n) is 2.63. The summed E-state index contributed by atoms with van der Waals surface area (Å²) in [6.07, 6.45) is 1.61. The number of aldehydes is 2. The van der Waals surface area contributed by atoms with Gasteiger partial charge in [0.15, 0.2) is 12.6 Å². The van der Waals surface area contributed by atoms with Gasteiger partial charge in [0.05, 0.1) is 0 Å². The predicted octanol–water partition coefficient (Wildman–Crippen LogP) is 6.96. The molecular formula is C24H24Br2O2Si2. The predicted molar refractivity (Wildman–Crippen MR) is 139 cm³/mol. The van der Waals surface area contributed by atoms with Crippen molar-refractivity contribution in [3.63, 3.8) is 0 Å². The zero-order chi connectivity index (χ0) is 22.7. The van der Waals surface area contributed by atoms with Gasteiger partial charge in [-0.15, -0.1) is 11.1 Å². The Morgan fingerprint density at radius 1 is 0.667 bits per heavy atom. The van der Waals surface area contributed by atoms with E-state index in [1.54, 1.807) is 12.1 Å². The van der Waals surface area contributed by atoms with Gasteiger partial charge in [0.1, 0.15) is 16.1 Å². The minimum Gasteiger partial charge on any atom is -0.298 e. The zero-order valence-corrected chi connectivity index (χ0v) is 23.2. The topological polar surface area (TPSA) is 34.1 Å². The summed E-state index contributed by atoms with van der Waals surface area (Å²) in [4.78, 5) is 23.8. The highest BCUT2D eigenvalue weighted by Crippen LogP contribution is 2.39. The van der Waals surface area contributed by atoms with Crippen LogP contribution in [-0.4, -0.2) is 28.7 Å². The summed E-state index contributed by atoms with van der Waals surface area (Å²) in [5, 5.41) is 0. The molecule has 154 valence electrons. The molecule has 0 saturated carbocycles. The Hall–Kier alpha value is -1.71. The van der Waals surface area contributed by atoms with Gasteiger partial charge in [0.25, 0.3) is 0 Å². The minimum absolute atomic E-state index is 0.481. The van der Waals surface area contributed by atoms with Crippen LogP contribution in [0.2, 0.25) is 39.3 Å². The van der Waals surface area contributed by atoms with Crippen molar-refractivity contribution >= 4 is 60.6 Å². The van der Waals surface area contributed by atoms with Crippen molar-refractivity contribution in [1.82, 2.24) is 0 Å². The average Bonchev–Trinajstić information content (AvgIpc) is 2.63. The molecule has 2 aromatic rings. The summed E-state index contributed by atoms with van der Waals surface area (Å²) in [5.74, 6) is 6.38. The highest BCUT2D eigenvalue weighted by molar-refractivity contribution is 9.11. The van der Waals surface area contributed by atoms with Gasteiger partial charge in [-0.25, -0.2) is 0 Å². The molecule has 2 aromatic carbocycles. The van der Waals surface area contributed by atoms with E-state index >= 15 is 0 Å². The van der Waals surface area contributed by atoms with E-state index in [2.05, 4.69) is 94.1 Å². The smallest absolute Gasteiger partial charge is 0.150 e. The molecule has 2 nitrogen and oxygen atoms in total. The number of carbonyl (C=O) groups excluding carboxylic acids is 2. The lowest BCUT2D eigenvalue weighted by atomic mass is 9.93. The van der Waals surface area contributed by atoms with Crippen LogP contribution in [0, 0.1) is 22.9 Å². The number of halogens is 2. The van der Waals surface area contributed by atoms with Crippen LogP contribution in [0.1, 0.15) is 31.8 Å². The van der Waals surface area contributed by atoms with E-state index in [0.717, 1.165) is 32.6 Å². The van der Waals surface area contributed by atoms with Gasteiger partial charge in [-0.05, 0) is 24.3 Å². The molecule has 0 unspecified atom stereocenters. The van der Waals surface area contributed by atoms with Crippen LogP contribution in [0.3, 0.4) is 0 Å². The Bertz CT molecular complexity index is 1040. The first-order valence-corrected chi connectivity index (χ1v) is 18.1. The maximum Gasteiger partial charge on any atom is 0.150 e. The van der Waals surface area contributed by atoms with Gasteiger partial charge in [0.2, 0.25) is 0 Å². The Kier molecular flexibility index (Phi) is 7.87.